The van der Waals surface area contributed by atoms with Crippen molar-refractivity contribution in [2.24, 2.45) is 0 Å². The zero-order valence-corrected chi connectivity index (χ0v) is 12.1. The summed E-state index contributed by atoms with van der Waals surface area (Å²) in [5.74, 6) is -0.117. The van der Waals surface area contributed by atoms with Gasteiger partial charge in [0.1, 0.15) is 0 Å². The van der Waals surface area contributed by atoms with Crippen LogP contribution in [0.5, 0.6) is 0 Å². The zero-order chi connectivity index (χ0) is 13.1. The Bertz CT molecular complexity index is 596. The van der Waals surface area contributed by atoms with E-state index in [0.29, 0.717) is 11.3 Å². The third-order valence-electron chi connectivity index (χ3n) is 2.63. The Hall–Kier alpha value is -1.56. The number of benzene rings is 2. The number of nitrogen functional groups attached to an aromatic ring is 1. The van der Waals surface area contributed by atoms with E-state index < -0.39 is 0 Å². The minimum absolute atomic E-state index is 0.117. The number of carbonyl (C=O) groups excluding carboxylic acids is 1. The van der Waals surface area contributed by atoms with Crippen molar-refractivity contribution in [3.8, 4) is 0 Å². The topological polar surface area (TPSA) is 55.1 Å². The van der Waals surface area contributed by atoms with Crippen LogP contribution in [0, 0.1) is 10.5 Å². The first-order chi connectivity index (χ1) is 8.58. The third-order valence-corrected chi connectivity index (χ3v) is 3.57. The monoisotopic (exact) mass is 352 g/mol. The number of carbonyl (C=O) groups is 1. The Morgan fingerprint density at radius 1 is 1.22 bits per heavy atom. The smallest absolute Gasteiger partial charge is 0.256 e. The van der Waals surface area contributed by atoms with Crippen LogP contribution in [0.4, 0.5) is 11.4 Å². The van der Waals surface area contributed by atoms with Crippen molar-refractivity contribution < 1.29 is 4.79 Å². The van der Waals surface area contributed by atoms with Crippen molar-refractivity contribution >= 4 is 39.9 Å². The van der Waals surface area contributed by atoms with E-state index >= 15 is 0 Å². The Balaban J connectivity index is 2.27. The Kier molecular flexibility index (Phi) is 3.86. The van der Waals surface area contributed by atoms with Gasteiger partial charge in [0.15, 0.2) is 0 Å². The molecule has 18 heavy (non-hydrogen) atoms. The van der Waals surface area contributed by atoms with Gasteiger partial charge in [-0.2, -0.15) is 0 Å². The zero-order valence-electron chi connectivity index (χ0n) is 9.91. The van der Waals surface area contributed by atoms with Gasteiger partial charge in [-0.3, -0.25) is 4.79 Å². The van der Waals surface area contributed by atoms with Crippen LogP contribution in [-0.4, -0.2) is 5.91 Å². The predicted molar refractivity (Wildman–Crippen MR) is 82.7 cm³/mol. The van der Waals surface area contributed by atoms with Gasteiger partial charge in [-0.05, 0) is 59.3 Å². The van der Waals surface area contributed by atoms with Gasteiger partial charge in [-0.1, -0.05) is 18.2 Å². The molecule has 2 aromatic rings. The maximum atomic E-state index is 12.1. The second kappa shape index (κ2) is 5.39. The van der Waals surface area contributed by atoms with Crippen LogP contribution in [0.3, 0.4) is 0 Å². The van der Waals surface area contributed by atoms with Gasteiger partial charge in [-0.25, -0.2) is 0 Å². The predicted octanol–water partition coefficient (Wildman–Crippen LogP) is 3.43. The highest BCUT2D eigenvalue weighted by Gasteiger charge is 2.10. The largest absolute Gasteiger partial charge is 0.399 e. The highest BCUT2D eigenvalue weighted by molar-refractivity contribution is 14.1. The van der Waals surface area contributed by atoms with Gasteiger partial charge in [0, 0.05) is 14.9 Å². The van der Waals surface area contributed by atoms with E-state index in [1.807, 2.05) is 37.3 Å². The number of rotatable bonds is 2. The average Bonchev–Trinajstić information content (AvgIpc) is 2.34. The fourth-order valence-electron chi connectivity index (χ4n) is 1.61. The summed E-state index contributed by atoms with van der Waals surface area (Å²) in [4.78, 5) is 12.1. The van der Waals surface area contributed by atoms with Crippen molar-refractivity contribution in [1.29, 1.82) is 0 Å². The molecular weight excluding hydrogens is 339 g/mol. The molecule has 1 amide bonds. The Morgan fingerprint density at radius 2 is 1.94 bits per heavy atom. The molecule has 0 radical (unpaired) electrons. The fraction of sp³-hybridized carbons (Fsp3) is 0.0714. The van der Waals surface area contributed by atoms with Gasteiger partial charge < -0.3 is 11.1 Å². The molecule has 0 aliphatic rings. The van der Waals surface area contributed by atoms with Crippen LogP contribution < -0.4 is 11.1 Å². The van der Waals surface area contributed by atoms with E-state index in [2.05, 4.69) is 27.9 Å². The summed E-state index contributed by atoms with van der Waals surface area (Å²) in [6.45, 7) is 1.94. The van der Waals surface area contributed by atoms with Crippen LogP contribution in [-0.2, 0) is 0 Å². The number of amides is 1. The lowest BCUT2D eigenvalue weighted by Gasteiger charge is -2.10. The summed E-state index contributed by atoms with van der Waals surface area (Å²) in [5.41, 5.74) is 8.76. The van der Waals surface area contributed by atoms with Gasteiger partial charge >= 0.3 is 0 Å². The summed E-state index contributed by atoms with van der Waals surface area (Å²) in [5, 5.41) is 2.88. The maximum absolute atomic E-state index is 12.1. The molecule has 0 unspecified atom stereocenters. The first-order valence-electron chi connectivity index (χ1n) is 5.50. The number of hydrogen-bond acceptors (Lipinski definition) is 2. The Morgan fingerprint density at radius 3 is 2.67 bits per heavy atom. The van der Waals surface area contributed by atoms with E-state index in [4.69, 9.17) is 5.73 Å². The number of anilines is 2. The number of nitrogens with two attached hydrogens (primary N) is 1. The molecule has 2 rings (SSSR count). The summed E-state index contributed by atoms with van der Waals surface area (Å²) < 4.78 is 0.925. The minimum atomic E-state index is -0.117. The quantitative estimate of drug-likeness (QED) is 0.643. The molecule has 0 aliphatic heterocycles. The van der Waals surface area contributed by atoms with Gasteiger partial charge in [0.25, 0.3) is 5.91 Å². The molecule has 92 valence electrons. The normalized spacial score (nSPS) is 10.1. The molecule has 0 atom stereocenters. The van der Waals surface area contributed by atoms with Gasteiger partial charge in [-0.15, -0.1) is 0 Å². The number of aryl methyl sites for hydroxylation is 1. The second-order valence-electron chi connectivity index (χ2n) is 4.01. The van der Waals surface area contributed by atoms with Crippen LogP contribution in [0.1, 0.15) is 15.9 Å². The molecule has 3 nitrogen and oxygen atoms in total. The lowest BCUT2D eigenvalue weighted by molar-refractivity contribution is 0.102. The molecule has 0 fully saturated rings. The summed E-state index contributed by atoms with van der Waals surface area (Å²) in [7, 11) is 0. The number of halogens is 1. The molecule has 0 saturated heterocycles. The highest BCUT2D eigenvalue weighted by Crippen LogP contribution is 2.20. The third kappa shape index (κ3) is 2.81. The van der Waals surface area contributed by atoms with Crippen molar-refractivity contribution in [2.45, 2.75) is 6.92 Å². The maximum Gasteiger partial charge on any atom is 0.256 e. The van der Waals surface area contributed by atoms with E-state index in [1.54, 1.807) is 12.1 Å². The van der Waals surface area contributed by atoms with Crippen molar-refractivity contribution in [3.63, 3.8) is 0 Å². The van der Waals surface area contributed by atoms with E-state index in [0.717, 1.165) is 14.8 Å². The lowest BCUT2D eigenvalue weighted by Crippen LogP contribution is -2.14. The molecule has 0 saturated carbocycles. The Labute approximate surface area is 120 Å². The summed E-state index contributed by atoms with van der Waals surface area (Å²) >= 11 is 2.15. The van der Waals surface area contributed by atoms with Crippen LogP contribution >= 0.6 is 22.6 Å². The molecule has 3 N–H and O–H groups in total. The molecule has 0 aromatic heterocycles. The molecule has 0 heterocycles. The molecule has 2 aromatic carbocycles. The van der Waals surface area contributed by atoms with Crippen molar-refractivity contribution in [2.75, 3.05) is 11.1 Å². The fourth-order valence-corrected chi connectivity index (χ4v) is 2.24. The van der Waals surface area contributed by atoms with Crippen LogP contribution in [0.2, 0.25) is 0 Å². The van der Waals surface area contributed by atoms with Crippen LogP contribution in [0.25, 0.3) is 0 Å². The minimum Gasteiger partial charge on any atom is -0.399 e. The molecule has 0 aliphatic carbocycles. The number of nitrogens with one attached hydrogen (secondary N) is 1. The molecular formula is C14H13IN2O. The SMILES string of the molecule is Cc1ccc(N)cc1NC(=O)c1ccccc1I. The average molecular weight is 352 g/mol. The van der Waals surface area contributed by atoms with E-state index in [9.17, 15) is 4.79 Å². The first kappa shape index (κ1) is 12.9. The van der Waals surface area contributed by atoms with Gasteiger partial charge in [0.05, 0.1) is 5.56 Å². The highest BCUT2D eigenvalue weighted by atomic mass is 127. The molecule has 4 heteroatoms. The van der Waals surface area contributed by atoms with Crippen molar-refractivity contribution in [1.82, 2.24) is 0 Å². The van der Waals surface area contributed by atoms with E-state index in [1.165, 1.54) is 0 Å². The second-order valence-corrected chi connectivity index (χ2v) is 5.17. The lowest BCUT2D eigenvalue weighted by atomic mass is 10.1. The molecule has 0 spiro atoms. The first-order valence-corrected chi connectivity index (χ1v) is 6.58. The summed E-state index contributed by atoms with van der Waals surface area (Å²) in [6.07, 6.45) is 0. The van der Waals surface area contributed by atoms with Crippen LogP contribution in [0.15, 0.2) is 42.5 Å². The standard InChI is InChI=1S/C14H13IN2O/c1-9-6-7-10(16)8-13(9)17-14(18)11-4-2-3-5-12(11)15/h2-8H,16H2,1H3,(H,17,18). The van der Waals surface area contributed by atoms with E-state index in [-0.39, 0.29) is 5.91 Å². The number of hydrogen-bond donors (Lipinski definition) is 2. The molecule has 0 bridgehead atoms. The van der Waals surface area contributed by atoms with Gasteiger partial charge in [0.2, 0.25) is 0 Å². The summed E-state index contributed by atoms with van der Waals surface area (Å²) in [6, 6.07) is 12.9. The van der Waals surface area contributed by atoms with Crippen molar-refractivity contribution in [3.05, 3.63) is 57.2 Å².